The molecule has 0 bridgehead atoms. The molecule has 0 amide bonds. The number of nitrogens with one attached hydrogen (secondary N) is 1. The number of hydrogen-bond donors (Lipinski definition) is 1. The maximum absolute atomic E-state index is 12.0. The normalized spacial score (nSPS) is 17.3. The third kappa shape index (κ3) is 3.21. The Morgan fingerprint density at radius 1 is 1.43 bits per heavy atom. The highest BCUT2D eigenvalue weighted by atomic mass is 32.2. The number of hydrogen-bond acceptors (Lipinski definition) is 5. The molecular formula is C16H21N3O2S2. The number of anilines is 2. The average molecular weight is 351 g/mol. The summed E-state index contributed by atoms with van der Waals surface area (Å²) in [5.74, 6) is 0. The lowest BCUT2D eigenvalue weighted by atomic mass is 10.1. The summed E-state index contributed by atoms with van der Waals surface area (Å²) in [6, 6.07) is 5.88. The van der Waals surface area contributed by atoms with Gasteiger partial charge < -0.3 is 5.32 Å². The predicted octanol–water partition coefficient (Wildman–Crippen LogP) is 3.34. The fourth-order valence-electron chi connectivity index (χ4n) is 2.99. The molecule has 1 aromatic carbocycles. The minimum Gasteiger partial charge on any atom is -0.362 e. The minimum atomic E-state index is -3.24. The van der Waals surface area contributed by atoms with E-state index in [1.54, 1.807) is 11.3 Å². The van der Waals surface area contributed by atoms with Gasteiger partial charge in [-0.1, -0.05) is 13.0 Å². The molecule has 0 aliphatic carbocycles. The number of rotatable bonds is 5. The van der Waals surface area contributed by atoms with E-state index >= 15 is 0 Å². The van der Waals surface area contributed by atoms with Gasteiger partial charge in [0.25, 0.3) is 0 Å². The van der Waals surface area contributed by atoms with Crippen LogP contribution in [0.15, 0.2) is 23.6 Å². The number of nitrogens with zero attached hydrogens (tertiary/aromatic N) is 2. The second kappa shape index (κ2) is 6.13. The van der Waals surface area contributed by atoms with E-state index in [0.29, 0.717) is 0 Å². The molecule has 2 heterocycles. The minimum absolute atomic E-state index is 0.0348. The van der Waals surface area contributed by atoms with Crippen molar-refractivity contribution < 1.29 is 8.42 Å². The fraction of sp³-hybridized carbons (Fsp3) is 0.438. The number of benzene rings is 1. The predicted molar refractivity (Wildman–Crippen MR) is 96.8 cm³/mol. The zero-order chi connectivity index (χ0) is 16.6. The molecule has 124 valence electrons. The van der Waals surface area contributed by atoms with E-state index in [2.05, 4.69) is 23.3 Å². The van der Waals surface area contributed by atoms with Crippen molar-refractivity contribution in [1.29, 1.82) is 0 Å². The first-order valence-corrected chi connectivity index (χ1v) is 10.4. The van der Waals surface area contributed by atoms with Crippen molar-refractivity contribution in [2.45, 2.75) is 32.7 Å². The first kappa shape index (κ1) is 16.3. The first-order valence-electron chi connectivity index (χ1n) is 7.72. The van der Waals surface area contributed by atoms with E-state index in [1.165, 1.54) is 10.6 Å². The Morgan fingerprint density at radius 3 is 2.91 bits per heavy atom. The summed E-state index contributed by atoms with van der Waals surface area (Å²) in [5, 5.41) is 6.25. The highest BCUT2D eigenvalue weighted by Gasteiger charge is 2.32. The van der Waals surface area contributed by atoms with Crippen LogP contribution in [0.3, 0.4) is 0 Å². The van der Waals surface area contributed by atoms with E-state index in [0.717, 1.165) is 47.0 Å². The summed E-state index contributed by atoms with van der Waals surface area (Å²) >= 11 is 1.59. The van der Waals surface area contributed by atoms with Crippen LogP contribution < -0.4 is 9.62 Å². The summed E-state index contributed by atoms with van der Waals surface area (Å²) < 4.78 is 25.5. The molecule has 1 aromatic heterocycles. The fourth-order valence-corrected chi connectivity index (χ4v) is 5.00. The molecule has 1 aliphatic heterocycles. The van der Waals surface area contributed by atoms with Gasteiger partial charge in [-0.25, -0.2) is 13.4 Å². The van der Waals surface area contributed by atoms with E-state index in [4.69, 9.17) is 0 Å². The zero-order valence-electron chi connectivity index (χ0n) is 13.5. The molecule has 1 N–H and O–H groups in total. The lowest BCUT2D eigenvalue weighted by Crippen LogP contribution is -2.34. The Hall–Kier alpha value is -1.60. The molecule has 5 nitrogen and oxygen atoms in total. The molecule has 3 rings (SSSR count). The Bertz CT molecular complexity index is 814. The van der Waals surface area contributed by atoms with Crippen molar-refractivity contribution in [2.75, 3.05) is 22.4 Å². The van der Waals surface area contributed by atoms with Gasteiger partial charge in [0.15, 0.2) is 5.13 Å². The number of sulfonamides is 1. The summed E-state index contributed by atoms with van der Waals surface area (Å²) in [4.78, 5) is 4.61. The van der Waals surface area contributed by atoms with Crippen LogP contribution >= 0.6 is 11.3 Å². The lowest BCUT2D eigenvalue weighted by molar-refractivity contribution is 0.590. The summed E-state index contributed by atoms with van der Waals surface area (Å²) in [6.07, 6.45) is 3.06. The molecule has 7 heteroatoms. The molecule has 0 unspecified atom stereocenters. The van der Waals surface area contributed by atoms with Crippen LogP contribution in [0.5, 0.6) is 0 Å². The van der Waals surface area contributed by atoms with Crippen molar-refractivity contribution in [2.24, 2.45) is 0 Å². The molecular weight excluding hydrogens is 330 g/mol. The van der Waals surface area contributed by atoms with Crippen LogP contribution in [0.1, 0.15) is 25.8 Å². The van der Waals surface area contributed by atoms with Gasteiger partial charge in [0.1, 0.15) is 0 Å². The standard InChI is InChI=1S/C16H21N3O2S2/c1-4-7-17-16-18-14(10-22-16)12-5-6-15-13(9-12)8-11(2)19(15)23(3,20)21/h5-6,9-11H,4,7-8H2,1-3H3,(H,17,18)/t11-/m1/s1. The summed E-state index contributed by atoms with van der Waals surface area (Å²) in [7, 11) is -3.24. The SMILES string of the molecule is CCCNc1nc(-c2ccc3c(c2)C[C@@H](C)N3S(C)(=O)=O)cs1. The van der Waals surface area contributed by atoms with Gasteiger partial charge in [-0.15, -0.1) is 11.3 Å². The first-order chi connectivity index (χ1) is 10.9. The molecule has 1 atom stereocenters. The second-order valence-electron chi connectivity index (χ2n) is 5.92. The highest BCUT2D eigenvalue weighted by molar-refractivity contribution is 7.92. The van der Waals surface area contributed by atoms with E-state index < -0.39 is 10.0 Å². The maximum atomic E-state index is 12.0. The summed E-state index contributed by atoms with van der Waals surface area (Å²) in [6.45, 7) is 4.98. The van der Waals surface area contributed by atoms with Gasteiger partial charge in [0.2, 0.25) is 10.0 Å². The Balaban J connectivity index is 1.91. The van der Waals surface area contributed by atoms with Crippen molar-refractivity contribution in [3.05, 3.63) is 29.1 Å². The topological polar surface area (TPSA) is 62.3 Å². The van der Waals surface area contributed by atoms with Crippen molar-refractivity contribution in [1.82, 2.24) is 4.98 Å². The largest absolute Gasteiger partial charge is 0.362 e. The molecule has 0 spiro atoms. The third-order valence-corrected chi connectivity index (χ3v) is 5.99. The van der Waals surface area contributed by atoms with Crippen LogP contribution in [-0.2, 0) is 16.4 Å². The number of thiazole rings is 1. The quantitative estimate of drug-likeness (QED) is 0.897. The second-order valence-corrected chi connectivity index (χ2v) is 8.64. The van der Waals surface area contributed by atoms with Gasteiger partial charge in [0.05, 0.1) is 17.6 Å². The average Bonchev–Trinajstić information content (AvgIpc) is 3.06. The van der Waals surface area contributed by atoms with Crippen molar-refractivity contribution >= 4 is 32.2 Å². The molecule has 0 saturated carbocycles. The molecule has 23 heavy (non-hydrogen) atoms. The van der Waals surface area contributed by atoms with Crippen LogP contribution in [-0.4, -0.2) is 32.2 Å². The lowest BCUT2D eigenvalue weighted by Gasteiger charge is -2.21. The Morgan fingerprint density at radius 2 is 2.22 bits per heavy atom. The zero-order valence-corrected chi connectivity index (χ0v) is 15.2. The van der Waals surface area contributed by atoms with Crippen LogP contribution in [0.2, 0.25) is 0 Å². The van der Waals surface area contributed by atoms with Gasteiger partial charge in [-0.2, -0.15) is 0 Å². The van der Waals surface area contributed by atoms with Crippen LogP contribution in [0, 0.1) is 0 Å². The van der Waals surface area contributed by atoms with E-state index in [9.17, 15) is 8.42 Å². The van der Waals surface area contributed by atoms with Gasteiger partial charge in [0, 0.05) is 23.5 Å². The molecule has 2 aromatic rings. The maximum Gasteiger partial charge on any atom is 0.232 e. The van der Waals surface area contributed by atoms with Gasteiger partial charge in [-0.05, 0) is 37.5 Å². The number of aromatic nitrogens is 1. The molecule has 0 radical (unpaired) electrons. The Labute approximate surface area is 141 Å². The highest BCUT2D eigenvalue weighted by Crippen LogP contribution is 2.37. The van der Waals surface area contributed by atoms with Crippen LogP contribution in [0.25, 0.3) is 11.3 Å². The van der Waals surface area contributed by atoms with Crippen molar-refractivity contribution in [3.63, 3.8) is 0 Å². The van der Waals surface area contributed by atoms with E-state index in [1.807, 2.05) is 24.4 Å². The monoisotopic (exact) mass is 351 g/mol. The third-order valence-electron chi connectivity index (χ3n) is 3.92. The van der Waals surface area contributed by atoms with E-state index in [-0.39, 0.29) is 6.04 Å². The Kier molecular flexibility index (Phi) is 4.33. The van der Waals surface area contributed by atoms with Gasteiger partial charge >= 0.3 is 0 Å². The smallest absolute Gasteiger partial charge is 0.232 e. The molecule has 1 aliphatic rings. The molecule has 0 fully saturated rings. The molecule has 0 saturated heterocycles. The van der Waals surface area contributed by atoms with Gasteiger partial charge in [-0.3, -0.25) is 4.31 Å². The van der Waals surface area contributed by atoms with Crippen molar-refractivity contribution in [3.8, 4) is 11.3 Å². The summed E-state index contributed by atoms with van der Waals surface area (Å²) in [5.41, 5.74) is 3.83. The number of fused-ring (bicyclic) bond motifs is 1. The van der Waals surface area contributed by atoms with Crippen LogP contribution in [0.4, 0.5) is 10.8 Å².